The van der Waals surface area contributed by atoms with Crippen molar-refractivity contribution in [3.05, 3.63) is 58.7 Å². The maximum absolute atomic E-state index is 11.3. The molecule has 0 atom stereocenters. The fourth-order valence-corrected chi connectivity index (χ4v) is 3.67. The van der Waals surface area contributed by atoms with Gasteiger partial charge < -0.3 is 10.6 Å². The van der Waals surface area contributed by atoms with Gasteiger partial charge in [0.25, 0.3) is 0 Å². The number of fused-ring (bicyclic) bond motifs is 2. The van der Waals surface area contributed by atoms with E-state index in [0.29, 0.717) is 24.7 Å². The van der Waals surface area contributed by atoms with Gasteiger partial charge in [-0.3, -0.25) is 9.59 Å². The number of hydrogen-bond donors (Lipinski definition) is 2. The standard InChI is InChI=1S/C12H15NO.C11H13NO/c1-8(2)10-5-3-4-9-6-7-11(14)13-12(9)10;1-7(2)9-5-3-4-8-6-10(13)12-11(8)9/h3-5,8H,6-7H2,1-2H3,(H,13,14);3-5,7H,6H2,1-2H3,(H,12,13). The Labute approximate surface area is 161 Å². The van der Waals surface area contributed by atoms with Crippen molar-refractivity contribution in [3.63, 3.8) is 0 Å². The molecule has 2 aromatic rings. The highest BCUT2D eigenvalue weighted by atomic mass is 16.2. The van der Waals surface area contributed by atoms with Gasteiger partial charge in [0.2, 0.25) is 11.8 Å². The SMILES string of the molecule is CC(C)c1cccc2c1NC(=O)C2.CC(C)c1cccc2c1NC(=O)CC2. The molecule has 0 saturated carbocycles. The number of nitrogens with one attached hydrogen (secondary N) is 2. The molecule has 0 aromatic heterocycles. The molecule has 0 radical (unpaired) electrons. The average molecular weight is 364 g/mol. The molecule has 2 aromatic carbocycles. The fourth-order valence-electron chi connectivity index (χ4n) is 3.67. The summed E-state index contributed by atoms with van der Waals surface area (Å²) in [4.78, 5) is 22.5. The quantitative estimate of drug-likeness (QED) is 0.788. The molecule has 4 nitrogen and oxygen atoms in total. The number of benzene rings is 2. The molecule has 4 rings (SSSR count). The van der Waals surface area contributed by atoms with Crippen molar-refractivity contribution in [1.82, 2.24) is 0 Å². The minimum Gasteiger partial charge on any atom is -0.326 e. The molecule has 0 saturated heterocycles. The molecular weight excluding hydrogens is 336 g/mol. The number of carbonyl (C=O) groups is 2. The van der Waals surface area contributed by atoms with Crippen LogP contribution in [0.3, 0.4) is 0 Å². The van der Waals surface area contributed by atoms with Crippen LogP contribution < -0.4 is 10.6 Å². The maximum atomic E-state index is 11.3. The zero-order valence-corrected chi connectivity index (χ0v) is 16.6. The first-order valence-electron chi connectivity index (χ1n) is 9.70. The lowest BCUT2D eigenvalue weighted by Crippen LogP contribution is -2.20. The van der Waals surface area contributed by atoms with Gasteiger partial charge in [0.1, 0.15) is 0 Å². The Bertz CT molecular complexity index is 869. The van der Waals surface area contributed by atoms with Crippen LogP contribution in [-0.2, 0) is 22.4 Å². The van der Waals surface area contributed by atoms with Gasteiger partial charge >= 0.3 is 0 Å². The van der Waals surface area contributed by atoms with Crippen molar-refractivity contribution >= 4 is 23.2 Å². The topological polar surface area (TPSA) is 58.2 Å². The predicted molar refractivity (Wildman–Crippen MR) is 110 cm³/mol. The molecule has 0 unspecified atom stereocenters. The summed E-state index contributed by atoms with van der Waals surface area (Å²) in [5, 5.41) is 5.88. The Kier molecular flexibility index (Phi) is 5.64. The molecular formula is C23H28N2O2. The van der Waals surface area contributed by atoms with E-state index in [0.717, 1.165) is 23.4 Å². The monoisotopic (exact) mass is 364 g/mol. The summed E-state index contributed by atoms with van der Waals surface area (Å²) < 4.78 is 0. The van der Waals surface area contributed by atoms with Gasteiger partial charge in [0.05, 0.1) is 6.42 Å². The molecule has 2 amide bonds. The Morgan fingerprint density at radius 2 is 1.22 bits per heavy atom. The van der Waals surface area contributed by atoms with Gasteiger partial charge in [0.15, 0.2) is 0 Å². The van der Waals surface area contributed by atoms with Crippen LogP contribution in [0.1, 0.15) is 68.2 Å². The van der Waals surface area contributed by atoms with Crippen LogP contribution in [0, 0.1) is 0 Å². The average Bonchev–Trinajstić information content (AvgIpc) is 3.01. The highest BCUT2D eigenvalue weighted by molar-refractivity contribution is 6.00. The first-order chi connectivity index (χ1) is 12.9. The number of amides is 2. The Morgan fingerprint density at radius 1 is 0.704 bits per heavy atom. The molecule has 0 aliphatic carbocycles. The van der Waals surface area contributed by atoms with Gasteiger partial charge in [-0.25, -0.2) is 0 Å². The molecule has 0 fully saturated rings. The van der Waals surface area contributed by atoms with Crippen LogP contribution in [0.25, 0.3) is 0 Å². The van der Waals surface area contributed by atoms with Gasteiger partial charge in [-0.15, -0.1) is 0 Å². The summed E-state index contributed by atoms with van der Waals surface area (Å²) in [5.74, 6) is 1.19. The summed E-state index contributed by atoms with van der Waals surface area (Å²) in [6.07, 6.45) is 2.03. The predicted octanol–water partition coefficient (Wildman–Crippen LogP) is 5.00. The molecule has 2 aliphatic rings. The Hall–Kier alpha value is -2.62. The van der Waals surface area contributed by atoms with Gasteiger partial charge in [-0.05, 0) is 40.5 Å². The van der Waals surface area contributed by atoms with Crippen molar-refractivity contribution < 1.29 is 9.59 Å². The van der Waals surface area contributed by atoms with Crippen molar-refractivity contribution in [2.24, 2.45) is 0 Å². The van der Waals surface area contributed by atoms with Crippen molar-refractivity contribution in [2.75, 3.05) is 10.6 Å². The van der Waals surface area contributed by atoms with Gasteiger partial charge in [-0.2, -0.15) is 0 Å². The highest BCUT2D eigenvalue weighted by Gasteiger charge is 2.21. The van der Waals surface area contributed by atoms with Crippen molar-refractivity contribution in [3.8, 4) is 0 Å². The van der Waals surface area contributed by atoms with Crippen LogP contribution >= 0.6 is 0 Å². The molecule has 2 aliphatic heterocycles. The van der Waals surface area contributed by atoms with Crippen molar-refractivity contribution in [2.45, 2.75) is 58.8 Å². The number of aryl methyl sites for hydroxylation is 1. The number of carbonyl (C=O) groups excluding carboxylic acids is 2. The number of hydrogen-bond acceptors (Lipinski definition) is 2. The van der Waals surface area contributed by atoms with Crippen LogP contribution in [-0.4, -0.2) is 11.8 Å². The third-order valence-electron chi connectivity index (χ3n) is 5.11. The highest BCUT2D eigenvalue weighted by Crippen LogP contribution is 2.32. The summed E-state index contributed by atoms with van der Waals surface area (Å²) in [6, 6.07) is 12.4. The fraction of sp³-hybridized carbons (Fsp3) is 0.391. The van der Waals surface area contributed by atoms with E-state index in [1.807, 2.05) is 12.1 Å². The maximum Gasteiger partial charge on any atom is 0.228 e. The van der Waals surface area contributed by atoms with E-state index in [-0.39, 0.29) is 11.8 Å². The summed E-state index contributed by atoms with van der Waals surface area (Å²) >= 11 is 0. The molecule has 0 bridgehead atoms. The summed E-state index contributed by atoms with van der Waals surface area (Å²) in [6.45, 7) is 8.58. The normalized spacial score (nSPS) is 14.9. The molecule has 2 heterocycles. The second-order valence-electron chi connectivity index (χ2n) is 7.85. The number of anilines is 2. The van der Waals surface area contributed by atoms with E-state index in [9.17, 15) is 9.59 Å². The lowest BCUT2D eigenvalue weighted by molar-refractivity contribution is -0.116. The van der Waals surface area contributed by atoms with Gasteiger partial charge in [0, 0.05) is 17.8 Å². The van der Waals surface area contributed by atoms with E-state index in [4.69, 9.17) is 0 Å². The van der Waals surface area contributed by atoms with E-state index in [1.165, 1.54) is 16.7 Å². The molecule has 142 valence electrons. The third-order valence-corrected chi connectivity index (χ3v) is 5.11. The largest absolute Gasteiger partial charge is 0.326 e. The first-order valence-corrected chi connectivity index (χ1v) is 9.70. The molecule has 27 heavy (non-hydrogen) atoms. The second-order valence-corrected chi connectivity index (χ2v) is 7.85. The smallest absolute Gasteiger partial charge is 0.228 e. The van der Waals surface area contributed by atoms with Crippen LogP contribution in [0.2, 0.25) is 0 Å². The lowest BCUT2D eigenvalue weighted by atomic mass is 9.93. The van der Waals surface area contributed by atoms with Gasteiger partial charge in [-0.1, -0.05) is 64.1 Å². The lowest BCUT2D eigenvalue weighted by Gasteiger charge is -2.21. The zero-order chi connectivity index (χ0) is 19.6. The second kappa shape index (κ2) is 7.95. The van der Waals surface area contributed by atoms with Crippen LogP contribution in [0.4, 0.5) is 11.4 Å². The zero-order valence-electron chi connectivity index (χ0n) is 16.6. The van der Waals surface area contributed by atoms with Crippen LogP contribution in [0.5, 0.6) is 0 Å². The minimum atomic E-state index is 0.114. The van der Waals surface area contributed by atoms with E-state index >= 15 is 0 Å². The summed E-state index contributed by atoms with van der Waals surface area (Å²) in [7, 11) is 0. The summed E-state index contributed by atoms with van der Waals surface area (Å²) in [5.41, 5.74) is 6.99. The Balaban J connectivity index is 0.000000156. The molecule has 4 heteroatoms. The van der Waals surface area contributed by atoms with Crippen LogP contribution in [0.15, 0.2) is 36.4 Å². The molecule has 2 N–H and O–H groups in total. The minimum absolute atomic E-state index is 0.114. The Morgan fingerprint density at radius 3 is 1.81 bits per heavy atom. The first kappa shape index (κ1) is 19.2. The molecule has 0 spiro atoms. The number of para-hydroxylation sites is 2. The van der Waals surface area contributed by atoms with E-state index in [1.54, 1.807) is 0 Å². The third kappa shape index (κ3) is 4.21. The van der Waals surface area contributed by atoms with E-state index in [2.05, 4.69) is 62.6 Å². The number of rotatable bonds is 2. The van der Waals surface area contributed by atoms with Crippen molar-refractivity contribution in [1.29, 1.82) is 0 Å². The van der Waals surface area contributed by atoms with E-state index < -0.39 is 0 Å².